The van der Waals surface area contributed by atoms with Gasteiger partial charge in [-0.05, 0) is 37.0 Å². The number of benzene rings is 2. The zero-order chi connectivity index (χ0) is 20.2. The molecule has 28 heavy (non-hydrogen) atoms. The van der Waals surface area contributed by atoms with Gasteiger partial charge in [-0.25, -0.2) is 0 Å². The number of carbonyl (C=O) groups excluding carboxylic acids is 2. The summed E-state index contributed by atoms with van der Waals surface area (Å²) in [6.45, 7) is 2.93. The number of nitrogens with zero attached hydrogens (tertiary/aromatic N) is 1. The minimum absolute atomic E-state index is 0.0111. The molecule has 150 valence electrons. The first kappa shape index (κ1) is 21.5. The van der Waals surface area contributed by atoms with E-state index in [1.165, 1.54) is 0 Å². The largest absolute Gasteiger partial charge is 0.494 e. The van der Waals surface area contributed by atoms with E-state index < -0.39 is 6.04 Å². The van der Waals surface area contributed by atoms with E-state index in [1.54, 1.807) is 11.9 Å². The number of carbonyl (C=O) groups is 2. The molecular formula is C23H30N2O3. The predicted molar refractivity (Wildman–Crippen MR) is 111 cm³/mol. The van der Waals surface area contributed by atoms with Crippen LogP contribution in [0.4, 0.5) is 0 Å². The van der Waals surface area contributed by atoms with Gasteiger partial charge in [0.05, 0.1) is 6.61 Å². The molecule has 0 aliphatic carbocycles. The van der Waals surface area contributed by atoms with Gasteiger partial charge in [-0.3, -0.25) is 9.59 Å². The molecule has 2 amide bonds. The van der Waals surface area contributed by atoms with E-state index in [2.05, 4.69) is 5.32 Å². The second-order valence-corrected chi connectivity index (χ2v) is 6.63. The van der Waals surface area contributed by atoms with Crippen molar-refractivity contribution >= 4 is 11.8 Å². The van der Waals surface area contributed by atoms with Crippen molar-refractivity contribution < 1.29 is 14.3 Å². The molecule has 0 spiro atoms. The molecule has 0 fully saturated rings. The van der Waals surface area contributed by atoms with Gasteiger partial charge in [0, 0.05) is 20.0 Å². The Labute approximate surface area is 167 Å². The van der Waals surface area contributed by atoms with Crippen LogP contribution in [-0.4, -0.2) is 43.0 Å². The average molecular weight is 383 g/mol. The predicted octanol–water partition coefficient (Wildman–Crippen LogP) is 3.44. The van der Waals surface area contributed by atoms with Gasteiger partial charge in [0.15, 0.2) is 0 Å². The van der Waals surface area contributed by atoms with Gasteiger partial charge in [0.2, 0.25) is 11.8 Å². The molecule has 2 rings (SSSR count). The molecule has 0 saturated heterocycles. The molecule has 0 unspecified atom stereocenters. The van der Waals surface area contributed by atoms with Gasteiger partial charge in [-0.2, -0.15) is 0 Å². The second kappa shape index (κ2) is 11.8. The molecule has 1 N–H and O–H groups in total. The van der Waals surface area contributed by atoms with Crippen LogP contribution in [0.3, 0.4) is 0 Å². The number of hydrogen-bond acceptors (Lipinski definition) is 3. The topological polar surface area (TPSA) is 58.6 Å². The van der Waals surface area contributed by atoms with Crippen molar-refractivity contribution in [1.29, 1.82) is 0 Å². The van der Waals surface area contributed by atoms with Gasteiger partial charge in [0.25, 0.3) is 0 Å². The van der Waals surface area contributed by atoms with E-state index in [0.717, 1.165) is 17.7 Å². The van der Waals surface area contributed by atoms with Gasteiger partial charge in [0.1, 0.15) is 11.8 Å². The van der Waals surface area contributed by atoms with E-state index >= 15 is 0 Å². The van der Waals surface area contributed by atoms with Crippen LogP contribution in [-0.2, 0) is 16.0 Å². The summed E-state index contributed by atoms with van der Waals surface area (Å²) >= 11 is 0. The maximum absolute atomic E-state index is 12.9. The zero-order valence-electron chi connectivity index (χ0n) is 16.8. The maximum Gasteiger partial charge on any atom is 0.242 e. The van der Waals surface area contributed by atoms with Crippen molar-refractivity contribution in [3.63, 3.8) is 0 Å². The van der Waals surface area contributed by atoms with Crippen LogP contribution in [0.25, 0.3) is 0 Å². The highest BCUT2D eigenvalue weighted by Gasteiger charge is 2.27. The Kier molecular flexibility index (Phi) is 9.05. The lowest BCUT2D eigenvalue weighted by Gasteiger charge is -2.30. The number of hydrogen-bond donors (Lipinski definition) is 1. The summed E-state index contributed by atoms with van der Waals surface area (Å²) in [6.07, 6.45) is 2.27. The summed E-state index contributed by atoms with van der Waals surface area (Å²) in [6, 6.07) is 19.1. The van der Waals surface area contributed by atoms with Crippen molar-refractivity contribution in [3.05, 3.63) is 66.2 Å². The fourth-order valence-electron chi connectivity index (χ4n) is 3.14. The molecule has 0 aromatic heterocycles. The Hall–Kier alpha value is -2.82. The van der Waals surface area contributed by atoms with E-state index in [4.69, 9.17) is 4.74 Å². The molecule has 5 heteroatoms. The Balaban J connectivity index is 1.93. The number of likely N-dealkylation sites (N-methyl/N-ethyl adjacent to an activating group) is 1. The first-order valence-corrected chi connectivity index (χ1v) is 9.88. The molecule has 2 aromatic carbocycles. The minimum Gasteiger partial charge on any atom is -0.494 e. The molecule has 0 bridgehead atoms. The summed E-state index contributed by atoms with van der Waals surface area (Å²) in [5.74, 6) is 0.667. The third-order valence-electron chi connectivity index (χ3n) is 4.66. The van der Waals surface area contributed by atoms with Gasteiger partial charge in [-0.15, -0.1) is 0 Å². The lowest BCUT2D eigenvalue weighted by molar-refractivity contribution is -0.140. The molecular weight excluding hydrogens is 352 g/mol. The van der Waals surface area contributed by atoms with Crippen LogP contribution in [0.15, 0.2) is 60.7 Å². The summed E-state index contributed by atoms with van der Waals surface area (Å²) in [7, 11) is 1.61. The molecule has 0 heterocycles. The van der Waals surface area contributed by atoms with E-state index in [-0.39, 0.29) is 11.8 Å². The first-order chi connectivity index (χ1) is 13.7. The van der Waals surface area contributed by atoms with E-state index in [9.17, 15) is 9.59 Å². The van der Waals surface area contributed by atoms with Crippen LogP contribution < -0.4 is 10.1 Å². The molecule has 5 nitrogen and oxygen atoms in total. The second-order valence-electron chi connectivity index (χ2n) is 6.63. The number of nitrogens with one attached hydrogen (secondary N) is 1. The summed E-state index contributed by atoms with van der Waals surface area (Å²) in [5, 5.41) is 2.68. The van der Waals surface area contributed by atoms with Crippen LogP contribution in [0, 0.1) is 0 Å². The number of rotatable bonds is 11. The van der Waals surface area contributed by atoms with Crippen LogP contribution >= 0.6 is 0 Å². The number of ether oxygens (including phenoxy) is 1. The van der Waals surface area contributed by atoms with Crippen molar-refractivity contribution in [2.24, 2.45) is 0 Å². The quantitative estimate of drug-likeness (QED) is 0.606. The maximum atomic E-state index is 12.9. The highest BCUT2D eigenvalue weighted by Crippen LogP contribution is 2.13. The normalized spacial score (nSPS) is 11.5. The van der Waals surface area contributed by atoms with Gasteiger partial charge in [-0.1, -0.05) is 55.5 Å². The molecule has 1 atom stereocenters. The zero-order valence-corrected chi connectivity index (χ0v) is 16.8. The first-order valence-electron chi connectivity index (χ1n) is 9.88. The molecule has 2 aromatic rings. The summed E-state index contributed by atoms with van der Waals surface area (Å²) in [4.78, 5) is 26.9. The van der Waals surface area contributed by atoms with Crippen LogP contribution in [0.1, 0.15) is 31.7 Å². The van der Waals surface area contributed by atoms with Crippen LogP contribution in [0.5, 0.6) is 5.75 Å². The highest BCUT2D eigenvalue weighted by molar-refractivity contribution is 5.87. The monoisotopic (exact) mass is 382 g/mol. The Bertz CT molecular complexity index is 719. The fourth-order valence-corrected chi connectivity index (χ4v) is 3.14. The van der Waals surface area contributed by atoms with Crippen LogP contribution in [0.2, 0.25) is 0 Å². The van der Waals surface area contributed by atoms with Gasteiger partial charge >= 0.3 is 0 Å². The van der Waals surface area contributed by atoms with E-state index in [0.29, 0.717) is 32.4 Å². The summed E-state index contributed by atoms with van der Waals surface area (Å²) in [5.41, 5.74) is 1.15. The average Bonchev–Trinajstić information content (AvgIpc) is 2.75. The number of amides is 2. The minimum atomic E-state index is -0.448. The van der Waals surface area contributed by atoms with Gasteiger partial charge < -0.3 is 15.0 Å². The van der Waals surface area contributed by atoms with Crippen molar-refractivity contribution in [3.8, 4) is 5.75 Å². The van der Waals surface area contributed by atoms with E-state index in [1.807, 2.05) is 67.6 Å². The molecule has 0 aliphatic rings. The Morgan fingerprint density at radius 2 is 1.68 bits per heavy atom. The SMILES string of the molecule is CC[C@H](C(=O)NC)N(CCc1ccccc1)C(=O)CCCOc1ccccc1. The fraction of sp³-hybridized carbons (Fsp3) is 0.391. The third kappa shape index (κ3) is 6.72. The van der Waals surface area contributed by atoms with Crippen molar-refractivity contribution in [1.82, 2.24) is 10.2 Å². The van der Waals surface area contributed by atoms with Crippen molar-refractivity contribution in [2.75, 3.05) is 20.2 Å². The highest BCUT2D eigenvalue weighted by atomic mass is 16.5. The smallest absolute Gasteiger partial charge is 0.242 e. The lowest BCUT2D eigenvalue weighted by atomic mass is 10.1. The third-order valence-corrected chi connectivity index (χ3v) is 4.66. The Morgan fingerprint density at radius 3 is 2.29 bits per heavy atom. The Morgan fingerprint density at radius 1 is 1.04 bits per heavy atom. The lowest BCUT2D eigenvalue weighted by Crippen LogP contribution is -2.49. The molecule has 0 radical (unpaired) electrons. The van der Waals surface area contributed by atoms with Crippen molar-refractivity contribution in [2.45, 2.75) is 38.6 Å². The molecule has 0 saturated carbocycles. The summed E-state index contributed by atoms with van der Waals surface area (Å²) < 4.78 is 5.67. The molecule has 0 aliphatic heterocycles. The number of para-hydroxylation sites is 1. The standard InChI is InChI=1S/C23H30N2O3/c1-3-21(23(27)24-2)25(17-16-19-11-6-4-7-12-19)22(26)15-10-18-28-20-13-8-5-9-14-20/h4-9,11-14,21H,3,10,15-18H2,1-2H3,(H,24,27)/t21-/m1/s1.